The van der Waals surface area contributed by atoms with E-state index in [-0.39, 0.29) is 5.15 Å². The summed E-state index contributed by atoms with van der Waals surface area (Å²) in [6.45, 7) is 1.77. The molecule has 88 valence electrons. The predicted octanol–water partition coefficient (Wildman–Crippen LogP) is 3.01. The average Bonchev–Trinajstić information content (AvgIpc) is 2.86. The molecule has 4 nitrogen and oxygen atoms in total. The molecule has 1 atom stereocenters. The van der Waals surface area contributed by atoms with E-state index < -0.39 is 5.41 Å². The third-order valence-corrected chi connectivity index (χ3v) is 4.44. The largest absolute Gasteiger partial charge is 0.275 e. The van der Waals surface area contributed by atoms with Gasteiger partial charge in [0.15, 0.2) is 5.15 Å². The Morgan fingerprint density at radius 3 is 2.65 bits per heavy atom. The van der Waals surface area contributed by atoms with Crippen LogP contribution in [-0.2, 0) is 12.5 Å². The summed E-state index contributed by atoms with van der Waals surface area (Å²) in [6, 6.07) is 2.24. The van der Waals surface area contributed by atoms with Crippen LogP contribution in [0.4, 0.5) is 0 Å². The molecular weight excluding hydrogens is 279 g/mol. The quantitative estimate of drug-likeness (QED) is 0.853. The van der Waals surface area contributed by atoms with Crippen LogP contribution in [0.25, 0.3) is 0 Å². The summed E-state index contributed by atoms with van der Waals surface area (Å²) < 4.78 is 2.04. The van der Waals surface area contributed by atoms with Crippen LogP contribution < -0.4 is 0 Å². The summed E-state index contributed by atoms with van der Waals surface area (Å²) in [5.41, 5.74) is -0.111. The highest BCUT2D eigenvalue weighted by Gasteiger charge is 2.34. The zero-order chi connectivity index (χ0) is 12.6. The molecule has 2 aromatic rings. The Balaban J connectivity index is 2.56. The molecule has 0 amide bonds. The Hall–Kier alpha value is -1.09. The van der Waals surface area contributed by atoms with Gasteiger partial charge in [-0.1, -0.05) is 23.2 Å². The lowest BCUT2D eigenvalue weighted by atomic mass is 9.87. The third-order valence-electron chi connectivity index (χ3n) is 2.48. The van der Waals surface area contributed by atoms with Crippen LogP contribution in [-0.4, -0.2) is 14.8 Å². The Kier molecular flexibility index (Phi) is 3.13. The van der Waals surface area contributed by atoms with Gasteiger partial charge >= 0.3 is 0 Å². The maximum atomic E-state index is 9.40. The van der Waals surface area contributed by atoms with Gasteiger partial charge in [-0.2, -0.15) is 10.4 Å². The van der Waals surface area contributed by atoms with E-state index in [9.17, 15) is 5.26 Å². The predicted molar refractivity (Wildman–Crippen MR) is 67.4 cm³/mol. The van der Waals surface area contributed by atoms with Crippen molar-refractivity contribution < 1.29 is 0 Å². The molecule has 7 heteroatoms. The molecule has 0 bridgehead atoms. The zero-order valence-corrected chi connectivity index (χ0v) is 11.4. The minimum Gasteiger partial charge on any atom is -0.275 e. The van der Waals surface area contributed by atoms with Crippen LogP contribution >= 0.6 is 34.5 Å². The molecule has 0 saturated carbocycles. The number of hydrogen-bond acceptors (Lipinski definition) is 4. The maximum Gasteiger partial charge on any atom is 0.159 e. The fraction of sp³-hybridized carbons (Fsp3) is 0.300. The maximum absolute atomic E-state index is 9.40. The fourth-order valence-electron chi connectivity index (χ4n) is 1.41. The molecule has 0 radical (unpaired) electrons. The number of halogens is 2. The third kappa shape index (κ3) is 2.04. The highest BCUT2D eigenvalue weighted by molar-refractivity contribution is 7.16. The van der Waals surface area contributed by atoms with Gasteiger partial charge in [0, 0.05) is 18.8 Å². The van der Waals surface area contributed by atoms with Crippen LogP contribution in [0.2, 0.25) is 9.49 Å². The van der Waals surface area contributed by atoms with Gasteiger partial charge in [0.2, 0.25) is 0 Å². The number of nitrogens with zero attached hydrogens (tertiary/aromatic N) is 4. The molecule has 0 aliphatic heterocycles. The number of aromatic nitrogens is 3. The Morgan fingerprint density at radius 2 is 2.24 bits per heavy atom. The molecule has 17 heavy (non-hydrogen) atoms. The highest BCUT2D eigenvalue weighted by atomic mass is 35.5. The van der Waals surface area contributed by atoms with Crippen molar-refractivity contribution in [2.45, 2.75) is 12.3 Å². The van der Waals surface area contributed by atoms with E-state index in [1.54, 1.807) is 31.0 Å². The Bertz CT molecular complexity index is 578. The van der Waals surface area contributed by atoms with Gasteiger partial charge < -0.3 is 0 Å². The van der Waals surface area contributed by atoms with E-state index in [0.29, 0.717) is 9.34 Å². The Morgan fingerprint density at radius 1 is 1.53 bits per heavy atom. The standard InChI is InChI=1S/C10H8Cl2N4S/c1-10(5-13,6-3-14-16(2)4-6)9-15-7(11)8(12)17-9/h3-4H,1-2H3. The zero-order valence-electron chi connectivity index (χ0n) is 9.11. The van der Waals surface area contributed by atoms with Crippen molar-refractivity contribution in [1.82, 2.24) is 14.8 Å². The van der Waals surface area contributed by atoms with E-state index in [4.69, 9.17) is 23.2 Å². The molecule has 2 aromatic heterocycles. The number of rotatable bonds is 2. The van der Waals surface area contributed by atoms with Gasteiger partial charge in [0.1, 0.15) is 14.8 Å². The fourth-order valence-corrected chi connectivity index (χ4v) is 2.73. The molecule has 2 rings (SSSR count). The molecule has 2 heterocycles. The lowest BCUT2D eigenvalue weighted by Gasteiger charge is -2.16. The minimum absolute atomic E-state index is 0.233. The number of aryl methyl sites for hydroxylation is 1. The van der Waals surface area contributed by atoms with Gasteiger partial charge in [-0.25, -0.2) is 4.98 Å². The van der Waals surface area contributed by atoms with E-state index in [2.05, 4.69) is 16.2 Å². The van der Waals surface area contributed by atoms with E-state index >= 15 is 0 Å². The first-order chi connectivity index (χ1) is 7.97. The van der Waals surface area contributed by atoms with Gasteiger partial charge in [-0.15, -0.1) is 11.3 Å². The van der Waals surface area contributed by atoms with Crippen molar-refractivity contribution in [3.8, 4) is 6.07 Å². The molecule has 0 spiro atoms. The highest BCUT2D eigenvalue weighted by Crippen LogP contribution is 2.38. The van der Waals surface area contributed by atoms with Crippen LogP contribution in [0, 0.1) is 11.3 Å². The number of thiazole rings is 1. The molecule has 1 unspecified atom stereocenters. The molecule has 0 N–H and O–H groups in total. The first-order valence-electron chi connectivity index (χ1n) is 4.70. The molecule has 0 fully saturated rings. The summed E-state index contributed by atoms with van der Waals surface area (Å²) in [4.78, 5) is 4.13. The van der Waals surface area contributed by atoms with Crippen molar-refractivity contribution in [3.63, 3.8) is 0 Å². The summed E-state index contributed by atoms with van der Waals surface area (Å²) in [5.74, 6) is 0. The molecular formula is C10H8Cl2N4S. The van der Waals surface area contributed by atoms with E-state index in [1.807, 2.05) is 0 Å². The second kappa shape index (κ2) is 4.30. The smallest absolute Gasteiger partial charge is 0.159 e. The summed E-state index contributed by atoms with van der Waals surface area (Å²) >= 11 is 12.9. The lowest BCUT2D eigenvalue weighted by molar-refractivity contribution is 0.725. The molecule has 0 aliphatic rings. The van der Waals surface area contributed by atoms with Crippen molar-refractivity contribution >= 4 is 34.5 Å². The van der Waals surface area contributed by atoms with Crippen LogP contribution in [0.3, 0.4) is 0 Å². The van der Waals surface area contributed by atoms with Gasteiger partial charge in [-0.05, 0) is 6.92 Å². The second-order valence-corrected chi connectivity index (χ2v) is 5.68. The van der Waals surface area contributed by atoms with Crippen LogP contribution in [0.1, 0.15) is 17.5 Å². The average molecular weight is 287 g/mol. The summed E-state index contributed by atoms with van der Waals surface area (Å²) in [5, 5.41) is 14.3. The first-order valence-corrected chi connectivity index (χ1v) is 6.27. The van der Waals surface area contributed by atoms with Crippen molar-refractivity contribution in [2.24, 2.45) is 7.05 Å². The second-order valence-electron chi connectivity index (χ2n) is 3.72. The molecule has 0 aliphatic carbocycles. The van der Waals surface area contributed by atoms with E-state index in [1.165, 1.54) is 11.3 Å². The SMILES string of the molecule is Cn1cc(C(C)(C#N)c2nc(Cl)c(Cl)s2)cn1. The van der Waals surface area contributed by atoms with E-state index in [0.717, 1.165) is 5.56 Å². The van der Waals surface area contributed by atoms with Crippen LogP contribution in [0.5, 0.6) is 0 Å². The lowest BCUT2D eigenvalue weighted by Crippen LogP contribution is -2.20. The molecule has 0 saturated heterocycles. The van der Waals surface area contributed by atoms with Crippen molar-refractivity contribution in [1.29, 1.82) is 5.26 Å². The normalized spacial score (nSPS) is 14.3. The number of hydrogen-bond donors (Lipinski definition) is 0. The monoisotopic (exact) mass is 286 g/mol. The minimum atomic E-state index is -0.879. The van der Waals surface area contributed by atoms with Crippen molar-refractivity contribution in [2.75, 3.05) is 0 Å². The van der Waals surface area contributed by atoms with Crippen molar-refractivity contribution in [3.05, 3.63) is 32.5 Å². The number of nitriles is 1. The van der Waals surface area contributed by atoms with Gasteiger partial charge in [0.25, 0.3) is 0 Å². The summed E-state index contributed by atoms with van der Waals surface area (Å²) in [6.07, 6.45) is 3.43. The van der Waals surface area contributed by atoms with Gasteiger partial charge in [-0.3, -0.25) is 4.68 Å². The summed E-state index contributed by atoms with van der Waals surface area (Å²) in [7, 11) is 1.79. The Labute approximate surface area is 112 Å². The van der Waals surface area contributed by atoms with Gasteiger partial charge in [0.05, 0.1) is 12.3 Å². The topological polar surface area (TPSA) is 54.5 Å². The molecule has 0 aromatic carbocycles. The first kappa shape index (κ1) is 12.4. The van der Waals surface area contributed by atoms with Crippen LogP contribution in [0.15, 0.2) is 12.4 Å².